The lowest BCUT2D eigenvalue weighted by Crippen LogP contribution is -2.00. The van der Waals surface area contributed by atoms with Gasteiger partial charge in [0.15, 0.2) is 0 Å². The fourth-order valence-corrected chi connectivity index (χ4v) is 2.51. The molecule has 0 bridgehead atoms. The van der Waals surface area contributed by atoms with Crippen LogP contribution >= 0.6 is 0 Å². The molecule has 0 atom stereocenters. The van der Waals surface area contributed by atoms with E-state index in [9.17, 15) is 0 Å². The molecule has 0 unspecified atom stereocenters. The topological polar surface area (TPSA) is 12.9 Å². The number of pyridine rings is 1. The number of hydrogen-bond acceptors (Lipinski definition) is 1. The first-order chi connectivity index (χ1) is 7.16. The van der Waals surface area contributed by atoms with E-state index in [0.717, 1.165) is 5.92 Å². The summed E-state index contributed by atoms with van der Waals surface area (Å²) >= 11 is 0. The van der Waals surface area contributed by atoms with Crippen molar-refractivity contribution >= 4 is 0 Å². The van der Waals surface area contributed by atoms with E-state index in [1.165, 1.54) is 42.6 Å². The van der Waals surface area contributed by atoms with Gasteiger partial charge in [-0.3, -0.25) is 4.98 Å². The Morgan fingerprint density at radius 3 is 2.47 bits per heavy atom. The maximum Gasteiger partial charge on any atom is 0.0435 e. The summed E-state index contributed by atoms with van der Waals surface area (Å²) in [5.74, 6) is 1.36. The molecule has 0 aliphatic heterocycles. The van der Waals surface area contributed by atoms with E-state index in [4.69, 9.17) is 0 Å². The molecule has 1 aliphatic rings. The summed E-state index contributed by atoms with van der Waals surface area (Å²) in [7, 11) is 0. The van der Waals surface area contributed by atoms with Gasteiger partial charge in [0, 0.05) is 11.4 Å². The van der Waals surface area contributed by atoms with Gasteiger partial charge in [0.05, 0.1) is 0 Å². The zero-order valence-electron chi connectivity index (χ0n) is 10.1. The number of nitrogens with zero attached hydrogens (tertiary/aromatic N) is 1. The van der Waals surface area contributed by atoms with Crippen LogP contribution in [0.25, 0.3) is 0 Å². The highest BCUT2D eigenvalue weighted by atomic mass is 14.7. The molecule has 1 aromatic rings. The Balaban J connectivity index is 2.30. The van der Waals surface area contributed by atoms with Gasteiger partial charge < -0.3 is 0 Å². The predicted molar refractivity (Wildman–Crippen MR) is 64.3 cm³/mol. The highest BCUT2D eigenvalue weighted by Crippen LogP contribution is 2.35. The van der Waals surface area contributed by atoms with Crippen molar-refractivity contribution < 1.29 is 0 Å². The van der Waals surface area contributed by atoms with Crippen molar-refractivity contribution in [2.45, 2.75) is 58.3 Å². The van der Waals surface area contributed by atoms with Gasteiger partial charge in [0.1, 0.15) is 0 Å². The van der Waals surface area contributed by atoms with Crippen LogP contribution in [0, 0.1) is 6.92 Å². The summed E-state index contributed by atoms with van der Waals surface area (Å²) in [5.41, 5.74) is 3.98. The van der Waals surface area contributed by atoms with Crippen LogP contribution in [0.2, 0.25) is 0 Å². The Bertz CT molecular complexity index is 335. The standard InChI is InChI=1S/C14H21N/c1-10(2)14-9-13(8-11(3)15-14)12-6-4-5-7-12/h8-10,12H,4-7H2,1-3H3. The molecule has 1 aliphatic carbocycles. The monoisotopic (exact) mass is 203 g/mol. The van der Waals surface area contributed by atoms with E-state index in [1.54, 1.807) is 0 Å². The SMILES string of the molecule is Cc1cc(C2CCCC2)cc(C(C)C)n1. The lowest BCUT2D eigenvalue weighted by atomic mass is 9.95. The van der Waals surface area contributed by atoms with Crippen molar-refractivity contribution in [3.8, 4) is 0 Å². The van der Waals surface area contributed by atoms with Gasteiger partial charge in [-0.15, -0.1) is 0 Å². The third kappa shape index (κ3) is 2.39. The molecule has 1 nitrogen and oxygen atoms in total. The fraction of sp³-hybridized carbons (Fsp3) is 0.643. The highest BCUT2D eigenvalue weighted by Gasteiger charge is 2.18. The normalized spacial score (nSPS) is 17.6. The number of rotatable bonds is 2. The maximum absolute atomic E-state index is 4.60. The molecule has 0 N–H and O–H groups in total. The molecule has 82 valence electrons. The number of aryl methyl sites for hydroxylation is 1. The minimum atomic E-state index is 0.546. The van der Waals surface area contributed by atoms with Crippen molar-refractivity contribution in [3.05, 3.63) is 29.1 Å². The summed E-state index contributed by atoms with van der Waals surface area (Å²) in [6, 6.07) is 4.61. The van der Waals surface area contributed by atoms with E-state index >= 15 is 0 Å². The lowest BCUT2D eigenvalue weighted by Gasteiger charge is -2.13. The smallest absolute Gasteiger partial charge is 0.0435 e. The van der Waals surface area contributed by atoms with Gasteiger partial charge >= 0.3 is 0 Å². The molecule has 1 heteroatoms. The summed E-state index contributed by atoms with van der Waals surface area (Å²) in [6.07, 6.45) is 5.56. The summed E-state index contributed by atoms with van der Waals surface area (Å²) in [6.45, 7) is 6.56. The van der Waals surface area contributed by atoms with E-state index in [0.29, 0.717) is 5.92 Å². The largest absolute Gasteiger partial charge is 0.258 e. The van der Waals surface area contributed by atoms with Crippen LogP contribution in [-0.2, 0) is 0 Å². The van der Waals surface area contributed by atoms with Crippen LogP contribution in [0.1, 0.15) is 68.3 Å². The third-order valence-electron chi connectivity index (χ3n) is 3.41. The molecular formula is C14H21N. The molecule has 1 fully saturated rings. The van der Waals surface area contributed by atoms with Gasteiger partial charge in [-0.1, -0.05) is 26.7 Å². The lowest BCUT2D eigenvalue weighted by molar-refractivity contribution is 0.711. The van der Waals surface area contributed by atoms with Crippen LogP contribution in [0.3, 0.4) is 0 Å². The van der Waals surface area contributed by atoms with Gasteiger partial charge in [0.25, 0.3) is 0 Å². The molecule has 0 saturated heterocycles. The zero-order valence-corrected chi connectivity index (χ0v) is 10.1. The van der Waals surface area contributed by atoms with Crippen LogP contribution in [-0.4, -0.2) is 4.98 Å². The van der Waals surface area contributed by atoms with Gasteiger partial charge in [-0.25, -0.2) is 0 Å². The second-order valence-corrected chi connectivity index (χ2v) is 5.10. The summed E-state index contributed by atoms with van der Waals surface area (Å²) < 4.78 is 0. The zero-order chi connectivity index (χ0) is 10.8. The first-order valence-corrected chi connectivity index (χ1v) is 6.15. The molecule has 0 radical (unpaired) electrons. The van der Waals surface area contributed by atoms with E-state index in [2.05, 4.69) is 37.9 Å². The average molecular weight is 203 g/mol. The average Bonchev–Trinajstić information content (AvgIpc) is 2.69. The Morgan fingerprint density at radius 1 is 1.20 bits per heavy atom. The van der Waals surface area contributed by atoms with E-state index in [-0.39, 0.29) is 0 Å². The third-order valence-corrected chi connectivity index (χ3v) is 3.41. The Labute approximate surface area is 92.9 Å². The molecular weight excluding hydrogens is 182 g/mol. The maximum atomic E-state index is 4.60. The second-order valence-electron chi connectivity index (χ2n) is 5.10. The molecule has 15 heavy (non-hydrogen) atoms. The van der Waals surface area contributed by atoms with Crippen LogP contribution in [0.5, 0.6) is 0 Å². The summed E-state index contributed by atoms with van der Waals surface area (Å²) in [4.78, 5) is 4.60. The number of hydrogen-bond donors (Lipinski definition) is 0. The molecule has 1 saturated carbocycles. The molecule has 1 heterocycles. The van der Waals surface area contributed by atoms with Crippen LogP contribution in [0.15, 0.2) is 12.1 Å². The van der Waals surface area contributed by atoms with Gasteiger partial charge in [0.2, 0.25) is 0 Å². The quantitative estimate of drug-likeness (QED) is 0.703. The van der Waals surface area contributed by atoms with E-state index < -0.39 is 0 Å². The minimum absolute atomic E-state index is 0.546. The van der Waals surface area contributed by atoms with Crippen molar-refractivity contribution in [2.75, 3.05) is 0 Å². The van der Waals surface area contributed by atoms with Crippen molar-refractivity contribution in [2.24, 2.45) is 0 Å². The van der Waals surface area contributed by atoms with Crippen molar-refractivity contribution in [1.29, 1.82) is 0 Å². The molecule has 0 amide bonds. The first kappa shape index (κ1) is 10.7. The van der Waals surface area contributed by atoms with Crippen LogP contribution in [0.4, 0.5) is 0 Å². The fourth-order valence-electron chi connectivity index (χ4n) is 2.51. The minimum Gasteiger partial charge on any atom is -0.258 e. The predicted octanol–water partition coefficient (Wildman–Crippen LogP) is 4.17. The molecule has 0 aromatic carbocycles. The second kappa shape index (κ2) is 4.34. The van der Waals surface area contributed by atoms with Gasteiger partial charge in [-0.2, -0.15) is 0 Å². The van der Waals surface area contributed by atoms with E-state index in [1.807, 2.05) is 0 Å². The Morgan fingerprint density at radius 2 is 1.87 bits per heavy atom. The molecule has 0 spiro atoms. The molecule has 2 rings (SSSR count). The highest BCUT2D eigenvalue weighted by molar-refractivity contribution is 5.26. The first-order valence-electron chi connectivity index (χ1n) is 6.15. The summed E-state index contributed by atoms with van der Waals surface area (Å²) in [5, 5.41) is 0. The Kier molecular flexibility index (Phi) is 3.08. The van der Waals surface area contributed by atoms with Crippen LogP contribution < -0.4 is 0 Å². The number of aromatic nitrogens is 1. The van der Waals surface area contributed by atoms with Gasteiger partial charge in [-0.05, 0) is 49.3 Å². The van der Waals surface area contributed by atoms with Crippen molar-refractivity contribution in [3.63, 3.8) is 0 Å². The molecule has 1 aromatic heterocycles. The van der Waals surface area contributed by atoms with Crippen molar-refractivity contribution in [1.82, 2.24) is 4.98 Å². The Hall–Kier alpha value is -0.850.